The van der Waals surface area contributed by atoms with E-state index in [1.807, 2.05) is 30.3 Å². The summed E-state index contributed by atoms with van der Waals surface area (Å²) in [6.07, 6.45) is 0.197. The lowest BCUT2D eigenvalue weighted by Gasteiger charge is -2.18. The van der Waals surface area contributed by atoms with Crippen molar-refractivity contribution in [1.82, 2.24) is 0 Å². The van der Waals surface area contributed by atoms with Crippen LogP contribution in [0.15, 0.2) is 41.2 Å². The van der Waals surface area contributed by atoms with Crippen molar-refractivity contribution in [3.8, 4) is 0 Å². The van der Waals surface area contributed by atoms with Gasteiger partial charge in [-0.05, 0) is 12.7 Å². The number of hydrogen-bond donors (Lipinski definition) is 1. The van der Waals surface area contributed by atoms with Crippen molar-refractivity contribution in [2.24, 2.45) is 0 Å². The first-order valence-electron chi connectivity index (χ1n) is 4.70. The first-order chi connectivity index (χ1) is 6.94. The second-order valence-corrected chi connectivity index (χ2v) is 7.13. The summed E-state index contributed by atoms with van der Waals surface area (Å²) in [5.74, 6) is 1.52. The molecular formula is C11H12ClO2P. The van der Waals surface area contributed by atoms with E-state index in [1.165, 1.54) is 5.82 Å². The second-order valence-electron chi connectivity index (χ2n) is 4.04. The molecule has 0 radical (unpaired) electrons. The molecule has 0 aromatic heterocycles. The lowest BCUT2D eigenvalue weighted by molar-refractivity contribution is 0.134. The molecule has 0 bridgehead atoms. The quantitative estimate of drug-likeness (QED) is 0.769. The molecule has 1 aromatic carbocycles. The second kappa shape index (κ2) is 3.48. The number of hydrogen-bond acceptors (Lipinski definition) is 2. The topological polar surface area (TPSA) is 37.3 Å². The molecule has 2 unspecified atom stereocenters. The van der Waals surface area contributed by atoms with Crippen molar-refractivity contribution in [2.75, 3.05) is 6.16 Å². The Labute approximate surface area is 93.9 Å². The maximum absolute atomic E-state index is 12.5. The van der Waals surface area contributed by atoms with Crippen LogP contribution in [0, 0.1) is 0 Å². The van der Waals surface area contributed by atoms with Crippen LogP contribution in [0.3, 0.4) is 0 Å². The zero-order chi connectivity index (χ0) is 11.1. The van der Waals surface area contributed by atoms with Gasteiger partial charge >= 0.3 is 0 Å². The molecular weight excluding hydrogens is 231 g/mol. The minimum Gasteiger partial charge on any atom is -0.384 e. The molecule has 0 saturated carbocycles. The number of halogens is 1. The minimum absolute atomic E-state index is 0.197. The molecule has 1 aliphatic heterocycles. The summed E-state index contributed by atoms with van der Waals surface area (Å²) in [6, 6.07) is 9.16. The van der Waals surface area contributed by atoms with Crippen LogP contribution in [0.4, 0.5) is 0 Å². The number of rotatable bonds is 1. The van der Waals surface area contributed by atoms with E-state index in [2.05, 4.69) is 0 Å². The first kappa shape index (κ1) is 10.9. The minimum atomic E-state index is -2.64. The third kappa shape index (κ3) is 1.90. The predicted octanol–water partition coefficient (Wildman–Crippen LogP) is 2.52. The van der Waals surface area contributed by atoms with Crippen LogP contribution in [0.1, 0.15) is 6.92 Å². The van der Waals surface area contributed by atoms with E-state index in [-0.39, 0.29) is 11.2 Å². The molecule has 15 heavy (non-hydrogen) atoms. The predicted molar refractivity (Wildman–Crippen MR) is 63.1 cm³/mol. The Kier molecular flexibility index (Phi) is 2.54. The maximum atomic E-state index is 12.5. The zero-order valence-corrected chi connectivity index (χ0v) is 10.0. The monoisotopic (exact) mass is 242 g/mol. The van der Waals surface area contributed by atoms with Gasteiger partial charge in [0.25, 0.3) is 0 Å². The van der Waals surface area contributed by atoms with Crippen molar-refractivity contribution in [2.45, 2.75) is 12.5 Å². The van der Waals surface area contributed by atoms with Gasteiger partial charge in [0.1, 0.15) is 12.7 Å². The van der Waals surface area contributed by atoms with Gasteiger partial charge in [0.2, 0.25) is 0 Å². The van der Waals surface area contributed by atoms with Crippen molar-refractivity contribution < 1.29 is 9.67 Å². The fraction of sp³-hybridized carbons (Fsp3) is 0.273. The summed E-state index contributed by atoms with van der Waals surface area (Å²) in [7, 11) is -2.64. The van der Waals surface area contributed by atoms with Crippen molar-refractivity contribution in [3.63, 3.8) is 0 Å². The van der Waals surface area contributed by atoms with E-state index >= 15 is 0 Å². The van der Waals surface area contributed by atoms with Crippen LogP contribution in [0.2, 0.25) is 0 Å². The average molecular weight is 243 g/mol. The largest absolute Gasteiger partial charge is 0.384 e. The zero-order valence-electron chi connectivity index (χ0n) is 8.35. The number of benzene rings is 1. The van der Waals surface area contributed by atoms with Crippen LogP contribution >= 0.6 is 18.7 Å². The molecule has 2 atom stereocenters. The molecule has 0 aliphatic carbocycles. The fourth-order valence-corrected chi connectivity index (χ4v) is 5.21. The molecule has 1 aromatic rings. The van der Waals surface area contributed by atoms with Gasteiger partial charge in [0.15, 0.2) is 0 Å². The molecule has 0 amide bonds. The Morgan fingerprint density at radius 2 is 2.00 bits per heavy atom. The van der Waals surface area contributed by atoms with E-state index in [4.69, 9.17) is 11.6 Å². The third-order valence-corrected chi connectivity index (χ3v) is 6.17. The molecule has 0 saturated heterocycles. The Bertz CT molecular complexity index is 451. The van der Waals surface area contributed by atoms with Gasteiger partial charge in [0, 0.05) is 11.5 Å². The molecule has 0 spiro atoms. The van der Waals surface area contributed by atoms with Gasteiger partial charge in [-0.15, -0.1) is 0 Å². The number of aliphatic hydroxyl groups is 1. The SMILES string of the molecule is CC1(O)CP(=O)(c2ccccc2)C=C1Cl. The van der Waals surface area contributed by atoms with Crippen molar-refractivity contribution in [1.29, 1.82) is 0 Å². The van der Waals surface area contributed by atoms with Crippen LogP contribution in [0.25, 0.3) is 0 Å². The summed E-state index contributed by atoms with van der Waals surface area (Å²) >= 11 is 5.88. The van der Waals surface area contributed by atoms with E-state index in [1.54, 1.807) is 6.92 Å². The van der Waals surface area contributed by atoms with Crippen molar-refractivity contribution in [3.05, 3.63) is 41.2 Å². The highest BCUT2D eigenvalue weighted by atomic mass is 35.5. The van der Waals surface area contributed by atoms with E-state index < -0.39 is 12.7 Å². The lowest BCUT2D eigenvalue weighted by atomic mass is 10.1. The molecule has 1 N–H and O–H groups in total. The van der Waals surface area contributed by atoms with Crippen LogP contribution < -0.4 is 5.30 Å². The van der Waals surface area contributed by atoms with E-state index in [0.717, 1.165) is 5.30 Å². The van der Waals surface area contributed by atoms with Gasteiger partial charge in [-0.3, -0.25) is 0 Å². The highest BCUT2D eigenvalue weighted by Gasteiger charge is 2.42. The molecule has 4 heteroatoms. The highest BCUT2D eigenvalue weighted by Crippen LogP contribution is 2.57. The Morgan fingerprint density at radius 3 is 2.47 bits per heavy atom. The van der Waals surface area contributed by atoms with Gasteiger partial charge < -0.3 is 9.67 Å². The van der Waals surface area contributed by atoms with Gasteiger partial charge in [0.05, 0.1) is 5.03 Å². The standard InChI is InChI=1S/C11H12ClO2P/c1-11(13)8-15(14,7-10(11)12)9-5-3-2-4-6-9/h2-7,13H,8H2,1H3. The highest BCUT2D eigenvalue weighted by molar-refractivity contribution is 7.75. The van der Waals surface area contributed by atoms with Crippen LogP contribution in [-0.2, 0) is 4.57 Å². The van der Waals surface area contributed by atoms with Crippen LogP contribution in [-0.4, -0.2) is 16.9 Å². The summed E-state index contributed by atoms with van der Waals surface area (Å²) < 4.78 is 12.5. The average Bonchev–Trinajstić information content (AvgIpc) is 2.38. The Morgan fingerprint density at radius 1 is 1.40 bits per heavy atom. The van der Waals surface area contributed by atoms with E-state index in [0.29, 0.717) is 0 Å². The normalized spacial score (nSPS) is 35.3. The first-order valence-corrected chi connectivity index (χ1v) is 7.04. The summed E-state index contributed by atoms with van der Waals surface area (Å²) in [6.45, 7) is 1.59. The molecule has 2 rings (SSSR count). The molecule has 0 fully saturated rings. The molecule has 1 aliphatic rings. The molecule has 2 nitrogen and oxygen atoms in total. The van der Waals surface area contributed by atoms with Gasteiger partial charge in [-0.2, -0.15) is 0 Å². The van der Waals surface area contributed by atoms with Gasteiger partial charge in [-0.1, -0.05) is 41.9 Å². The third-order valence-electron chi connectivity index (χ3n) is 2.57. The summed E-state index contributed by atoms with van der Waals surface area (Å²) in [5, 5.41) is 10.9. The summed E-state index contributed by atoms with van der Waals surface area (Å²) in [4.78, 5) is 0. The van der Waals surface area contributed by atoms with Crippen molar-refractivity contribution >= 4 is 24.0 Å². The smallest absolute Gasteiger partial charge is 0.140 e. The summed E-state index contributed by atoms with van der Waals surface area (Å²) in [5.41, 5.74) is -1.15. The van der Waals surface area contributed by atoms with E-state index in [9.17, 15) is 9.67 Å². The molecule has 80 valence electrons. The van der Waals surface area contributed by atoms with Gasteiger partial charge in [-0.25, -0.2) is 0 Å². The Hall–Kier alpha value is -0.560. The van der Waals surface area contributed by atoms with Crippen LogP contribution in [0.5, 0.6) is 0 Å². The Balaban J connectivity index is 2.45. The maximum Gasteiger partial charge on any atom is 0.140 e. The lowest BCUT2D eigenvalue weighted by Crippen LogP contribution is -2.26. The fourth-order valence-electron chi connectivity index (χ4n) is 1.75. The molecule has 1 heterocycles.